The number of likely N-dealkylation sites (tertiary alicyclic amines) is 1. The molecule has 0 spiro atoms. The zero-order valence-electron chi connectivity index (χ0n) is 11.8. The smallest absolute Gasteiger partial charge is 0.0499 e. The molecule has 1 fully saturated rings. The first-order chi connectivity index (χ1) is 9.22. The molecule has 0 radical (unpaired) electrons. The third-order valence-electron chi connectivity index (χ3n) is 4.10. The van der Waals surface area contributed by atoms with Crippen molar-refractivity contribution in [3.8, 4) is 0 Å². The molecule has 0 aliphatic carbocycles. The van der Waals surface area contributed by atoms with E-state index in [-0.39, 0.29) is 6.04 Å². The predicted octanol–water partition coefficient (Wildman–Crippen LogP) is 4.10. The fraction of sp³-hybridized carbons (Fsp3) is 0.625. The van der Waals surface area contributed by atoms with Crippen LogP contribution in [-0.2, 0) is 0 Å². The topological polar surface area (TPSA) is 29.3 Å². The van der Waals surface area contributed by atoms with Crippen LogP contribution < -0.4 is 5.73 Å². The van der Waals surface area contributed by atoms with Crippen LogP contribution in [0.25, 0.3) is 0 Å². The zero-order chi connectivity index (χ0) is 13.7. The fourth-order valence-electron chi connectivity index (χ4n) is 3.02. The lowest BCUT2D eigenvalue weighted by molar-refractivity contribution is 0.175. The zero-order valence-corrected chi connectivity index (χ0v) is 13.4. The Kier molecular flexibility index (Phi) is 5.86. The van der Waals surface area contributed by atoms with Gasteiger partial charge in [-0.2, -0.15) is 0 Å². The van der Waals surface area contributed by atoms with E-state index in [1.807, 2.05) is 0 Å². The van der Waals surface area contributed by atoms with Crippen molar-refractivity contribution < 1.29 is 0 Å². The minimum Gasteiger partial charge on any atom is -0.326 e. The molecule has 2 rings (SSSR count). The van der Waals surface area contributed by atoms with Crippen molar-refractivity contribution in [3.63, 3.8) is 0 Å². The van der Waals surface area contributed by atoms with E-state index in [0.717, 1.165) is 10.9 Å². The van der Waals surface area contributed by atoms with Gasteiger partial charge in [0.2, 0.25) is 0 Å². The van der Waals surface area contributed by atoms with Crippen LogP contribution >= 0.6 is 15.9 Å². The standard InChI is InChI=1S/C16H25BrN2/c1-2-15(18)16(13-8-7-9-14(17)12-13)19-10-5-3-4-6-11-19/h7-9,12,15-16H,2-6,10-11,18H2,1H3. The van der Waals surface area contributed by atoms with Gasteiger partial charge in [0.25, 0.3) is 0 Å². The highest BCUT2D eigenvalue weighted by Crippen LogP contribution is 2.29. The molecule has 0 saturated carbocycles. The maximum Gasteiger partial charge on any atom is 0.0499 e. The molecule has 1 aliphatic heterocycles. The van der Waals surface area contributed by atoms with Crippen molar-refractivity contribution in [2.45, 2.75) is 51.1 Å². The minimum absolute atomic E-state index is 0.215. The van der Waals surface area contributed by atoms with Crippen molar-refractivity contribution in [2.75, 3.05) is 13.1 Å². The average Bonchev–Trinajstić information content (AvgIpc) is 2.68. The van der Waals surface area contributed by atoms with Crippen molar-refractivity contribution in [1.29, 1.82) is 0 Å². The van der Waals surface area contributed by atoms with Crippen molar-refractivity contribution in [1.82, 2.24) is 4.90 Å². The van der Waals surface area contributed by atoms with Crippen LogP contribution in [0.1, 0.15) is 50.6 Å². The molecular weight excluding hydrogens is 300 g/mol. The quantitative estimate of drug-likeness (QED) is 0.903. The normalized spacial score (nSPS) is 20.8. The lowest BCUT2D eigenvalue weighted by Crippen LogP contribution is -2.41. The Hall–Kier alpha value is -0.380. The largest absolute Gasteiger partial charge is 0.326 e. The summed E-state index contributed by atoms with van der Waals surface area (Å²) in [4.78, 5) is 2.60. The second kappa shape index (κ2) is 7.41. The molecule has 3 heteroatoms. The summed E-state index contributed by atoms with van der Waals surface area (Å²) in [5, 5.41) is 0. The summed E-state index contributed by atoms with van der Waals surface area (Å²) in [6, 6.07) is 9.22. The Morgan fingerprint density at radius 2 is 1.89 bits per heavy atom. The molecule has 106 valence electrons. The van der Waals surface area contributed by atoms with E-state index >= 15 is 0 Å². The highest BCUT2D eigenvalue weighted by molar-refractivity contribution is 9.10. The van der Waals surface area contributed by atoms with Crippen LogP contribution in [0.3, 0.4) is 0 Å². The minimum atomic E-state index is 0.215. The number of nitrogens with zero attached hydrogens (tertiary/aromatic N) is 1. The average molecular weight is 325 g/mol. The summed E-state index contributed by atoms with van der Waals surface area (Å²) in [6.45, 7) is 4.56. The molecule has 1 heterocycles. The second-order valence-corrected chi connectivity index (χ2v) is 6.44. The first kappa shape index (κ1) is 15.0. The number of hydrogen-bond acceptors (Lipinski definition) is 2. The highest BCUT2D eigenvalue weighted by atomic mass is 79.9. The van der Waals surface area contributed by atoms with Crippen LogP contribution in [0.5, 0.6) is 0 Å². The molecule has 1 aliphatic rings. The van der Waals surface area contributed by atoms with E-state index in [0.29, 0.717) is 6.04 Å². The van der Waals surface area contributed by atoms with E-state index in [1.54, 1.807) is 0 Å². The molecule has 1 aromatic rings. The maximum atomic E-state index is 6.42. The molecule has 2 N–H and O–H groups in total. The number of nitrogens with two attached hydrogens (primary N) is 1. The Morgan fingerprint density at radius 1 is 1.21 bits per heavy atom. The van der Waals surface area contributed by atoms with Gasteiger partial charge in [0.05, 0.1) is 0 Å². The molecule has 0 aromatic heterocycles. The second-order valence-electron chi connectivity index (χ2n) is 5.52. The summed E-state index contributed by atoms with van der Waals surface area (Å²) >= 11 is 3.58. The first-order valence-corrected chi connectivity index (χ1v) is 8.26. The first-order valence-electron chi connectivity index (χ1n) is 7.47. The summed E-state index contributed by atoms with van der Waals surface area (Å²) in [6.07, 6.45) is 6.36. The summed E-state index contributed by atoms with van der Waals surface area (Å²) in [5.41, 5.74) is 7.78. The number of halogens is 1. The van der Waals surface area contributed by atoms with Gasteiger partial charge in [-0.15, -0.1) is 0 Å². The van der Waals surface area contributed by atoms with Crippen LogP contribution in [0, 0.1) is 0 Å². The summed E-state index contributed by atoms with van der Waals surface area (Å²) < 4.78 is 1.15. The van der Waals surface area contributed by atoms with Crippen molar-refractivity contribution in [2.24, 2.45) is 5.73 Å². The van der Waals surface area contributed by atoms with Gasteiger partial charge in [0, 0.05) is 16.6 Å². The number of benzene rings is 1. The third-order valence-corrected chi connectivity index (χ3v) is 4.59. The van der Waals surface area contributed by atoms with Gasteiger partial charge in [0.15, 0.2) is 0 Å². The lowest BCUT2D eigenvalue weighted by atomic mass is 9.96. The van der Waals surface area contributed by atoms with Gasteiger partial charge in [0.1, 0.15) is 0 Å². The van der Waals surface area contributed by atoms with Gasteiger partial charge in [-0.05, 0) is 50.0 Å². The van der Waals surface area contributed by atoms with Gasteiger partial charge in [-0.25, -0.2) is 0 Å². The lowest BCUT2D eigenvalue weighted by Gasteiger charge is -2.35. The molecule has 0 bridgehead atoms. The van der Waals surface area contributed by atoms with Crippen LogP contribution in [0.4, 0.5) is 0 Å². The molecule has 2 atom stereocenters. The Balaban J connectivity index is 2.24. The molecule has 1 saturated heterocycles. The maximum absolute atomic E-state index is 6.42. The SMILES string of the molecule is CCC(N)C(c1cccc(Br)c1)N1CCCCCC1. The van der Waals surface area contributed by atoms with Crippen molar-refractivity contribution >= 4 is 15.9 Å². The van der Waals surface area contributed by atoms with Gasteiger partial charge in [-0.1, -0.05) is 47.8 Å². The number of hydrogen-bond donors (Lipinski definition) is 1. The highest BCUT2D eigenvalue weighted by Gasteiger charge is 2.26. The molecule has 19 heavy (non-hydrogen) atoms. The van der Waals surface area contributed by atoms with E-state index < -0.39 is 0 Å². The molecule has 2 nitrogen and oxygen atoms in total. The summed E-state index contributed by atoms with van der Waals surface area (Å²) in [7, 11) is 0. The van der Waals surface area contributed by atoms with Crippen LogP contribution in [0.2, 0.25) is 0 Å². The molecular formula is C16H25BrN2. The monoisotopic (exact) mass is 324 g/mol. The Morgan fingerprint density at radius 3 is 2.47 bits per heavy atom. The Labute approximate surface area is 125 Å². The molecule has 1 aromatic carbocycles. The van der Waals surface area contributed by atoms with E-state index in [2.05, 4.69) is 52.0 Å². The third kappa shape index (κ3) is 4.04. The number of rotatable bonds is 4. The van der Waals surface area contributed by atoms with Gasteiger partial charge >= 0.3 is 0 Å². The molecule has 2 unspecified atom stereocenters. The predicted molar refractivity (Wildman–Crippen MR) is 85.2 cm³/mol. The van der Waals surface area contributed by atoms with Crippen LogP contribution in [0.15, 0.2) is 28.7 Å². The summed E-state index contributed by atoms with van der Waals surface area (Å²) in [5.74, 6) is 0. The van der Waals surface area contributed by atoms with E-state index in [4.69, 9.17) is 5.73 Å². The van der Waals surface area contributed by atoms with Gasteiger partial charge in [-0.3, -0.25) is 4.90 Å². The van der Waals surface area contributed by atoms with E-state index in [1.165, 1.54) is 44.3 Å². The van der Waals surface area contributed by atoms with Crippen LogP contribution in [-0.4, -0.2) is 24.0 Å². The van der Waals surface area contributed by atoms with E-state index in [9.17, 15) is 0 Å². The Bertz CT molecular complexity index is 386. The van der Waals surface area contributed by atoms with Crippen molar-refractivity contribution in [3.05, 3.63) is 34.3 Å². The fourth-order valence-corrected chi connectivity index (χ4v) is 3.43. The van der Waals surface area contributed by atoms with Gasteiger partial charge < -0.3 is 5.73 Å². The molecule has 0 amide bonds.